The van der Waals surface area contributed by atoms with Crippen LogP contribution in [-0.4, -0.2) is 41.4 Å². The molecule has 0 saturated carbocycles. The molecule has 0 unspecified atom stereocenters. The van der Waals surface area contributed by atoms with Gasteiger partial charge in [-0.25, -0.2) is 14.4 Å². The van der Waals surface area contributed by atoms with Crippen LogP contribution in [0, 0.1) is 12.7 Å². The van der Waals surface area contributed by atoms with Crippen LogP contribution in [0.2, 0.25) is 0 Å². The molecule has 0 radical (unpaired) electrons. The van der Waals surface area contributed by atoms with E-state index in [0.717, 1.165) is 17.5 Å². The molecular weight excluding hydrogens is 439 g/mol. The van der Waals surface area contributed by atoms with E-state index < -0.39 is 11.8 Å². The first-order valence-electron chi connectivity index (χ1n) is 10.7. The molecule has 2 amide bonds. The van der Waals surface area contributed by atoms with Crippen molar-refractivity contribution in [3.05, 3.63) is 88.8 Å². The summed E-state index contributed by atoms with van der Waals surface area (Å²) in [6, 6.07) is 12.8. The van der Waals surface area contributed by atoms with Gasteiger partial charge >= 0.3 is 5.97 Å². The summed E-state index contributed by atoms with van der Waals surface area (Å²) in [7, 11) is 1.58. The van der Waals surface area contributed by atoms with Crippen molar-refractivity contribution in [1.82, 2.24) is 15.3 Å². The molecule has 3 aromatic rings. The number of hydrogen-bond acceptors (Lipinski definition) is 6. The SMILES string of the molecule is CCOC(=O)Cc1ccc(N(C)C(=O)c2cc(C(=O)NCc3ccc(F)c(C)c3)ncn2)cc1. The molecule has 0 aliphatic carbocycles. The number of rotatable bonds is 8. The van der Waals surface area contributed by atoms with Gasteiger partial charge in [0, 0.05) is 25.3 Å². The minimum Gasteiger partial charge on any atom is -0.466 e. The van der Waals surface area contributed by atoms with Gasteiger partial charge in [-0.15, -0.1) is 0 Å². The number of carbonyl (C=O) groups is 3. The number of benzene rings is 2. The van der Waals surface area contributed by atoms with Gasteiger partial charge in [0.05, 0.1) is 13.0 Å². The van der Waals surface area contributed by atoms with Crippen molar-refractivity contribution in [2.24, 2.45) is 0 Å². The summed E-state index contributed by atoms with van der Waals surface area (Å²) in [5.41, 5.74) is 2.67. The Bertz CT molecular complexity index is 1200. The van der Waals surface area contributed by atoms with E-state index in [1.807, 2.05) is 0 Å². The van der Waals surface area contributed by atoms with Crippen molar-refractivity contribution in [3.8, 4) is 0 Å². The number of aryl methyl sites for hydroxylation is 1. The number of esters is 1. The summed E-state index contributed by atoms with van der Waals surface area (Å²) in [4.78, 5) is 46.4. The number of nitrogens with zero attached hydrogens (tertiary/aromatic N) is 3. The van der Waals surface area contributed by atoms with Crippen molar-refractivity contribution in [2.75, 3.05) is 18.6 Å². The minimum absolute atomic E-state index is 0.0374. The van der Waals surface area contributed by atoms with Gasteiger partial charge in [-0.1, -0.05) is 24.3 Å². The molecule has 0 bridgehead atoms. The van der Waals surface area contributed by atoms with Gasteiger partial charge in [-0.3, -0.25) is 14.4 Å². The molecule has 1 N–H and O–H groups in total. The number of carbonyl (C=O) groups excluding carboxylic acids is 3. The predicted molar refractivity (Wildman–Crippen MR) is 124 cm³/mol. The molecular formula is C25H25FN4O4. The highest BCUT2D eigenvalue weighted by molar-refractivity contribution is 6.05. The third-order valence-electron chi connectivity index (χ3n) is 5.08. The largest absolute Gasteiger partial charge is 0.466 e. The summed E-state index contributed by atoms with van der Waals surface area (Å²) in [6.45, 7) is 3.90. The third kappa shape index (κ3) is 6.22. The van der Waals surface area contributed by atoms with Crippen LogP contribution in [0.3, 0.4) is 0 Å². The quantitative estimate of drug-likeness (QED) is 0.514. The fraction of sp³-hybridized carbons (Fsp3) is 0.240. The molecule has 8 nitrogen and oxygen atoms in total. The number of nitrogens with one attached hydrogen (secondary N) is 1. The number of amides is 2. The molecule has 0 saturated heterocycles. The van der Waals surface area contributed by atoms with Crippen LogP contribution in [0.5, 0.6) is 0 Å². The number of anilines is 1. The predicted octanol–water partition coefficient (Wildman–Crippen LogP) is 3.24. The van der Waals surface area contributed by atoms with Gasteiger partial charge in [0.2, 0.25) is 0 Å². The lowest BCUT2D eigenvalue weighted by Crippen LogP contribution is -2.29. The summed E-state index contributed by atoms with van der Waals surface area (Å²) in [6.07, 6.45) is 1.30. The van der Waals surface area contributed by atoms with Gasteiger partial charge < -0.3 is 15.0 Å². The van der Waals surface area contributed by atoms with Crippen molar-refractivity contribution in [2.45, 2.75) is 26.8 Å². The fourth-order valence-electron chi connectivity index (χ4n) is 3.19. The van der Waals surface area contributed by atoms with E-state index in [1.54, 1.807) is 57.3 Å². The number of ether oxygens (including phenoxy) is 1. The zero-order chi connectivity index (χ0) is 24.7. The van der Waals surface area contributed by atoms with Crippen molar-refractivity contribution >= 4 is 23.5 Å². The Morgan fingerprint density at radius 2 is 1.68 bits per heavy atom. The molecule has 0 fully saturated rings. The third-order valence-corrected chi connectivity index (χ3v) is 5.08. The number of aromatic nitrogens is 2. The molecule has 2 aromatic carbocycles. The van der Waals surface area contributed by atoms with Gasteiger partial charge in [-0.2, -0.15) is 0 Å². The highest BCUT2D eigenvalue weighted by Crippen LogP contribution is 2.17. The normalized spacial score (nSPS) is 10.5. The monoisotopic (exact) mass is 464 g/mol. The lowest BCUT2D eigenvalue weighted by molar-refractivity contribution is -0.142. The van der Waals surface area contributed by atoms with Crippen LogP contribution < -0.4 is 10.2 Å². The van der Waals surface area contributed by atoms with E-state index in [2.05, 4.69) is 15.3 Å². The molecule has 0 aliphatic rings. The van der Waals surface area contributed by atoms with Crippen LogP contribution in [0.15, 0.2) is 54.9 Å². The first-order valence-corrected chi connectivity index (χ1v) is 10.7. The Morgan fingerprint density at radius 1 is 1.00 bits per heavy atom. The maximum atomic E-state index is 13.4. The van der Waals surface area contributed by atoms with Gasteiger partial charge in [0.15, 0.2) is 0 Å². The Balaban J connectivity index is 1.65. The standard InChI is InChI=1S/C25H25FN4O4/c1-4-34-23(31)12-17-5-8-19(9-6-17)30(3)25(33)22-13-21(28-15-29-22)24(32)27-14-18-7-10-20(26)16(2)11-18/h5-11,13,15H,4,12,14H2,1-3H3,(H,27,32). The van der Waals surface area contributed by atoms with E-state index in [9.17, 15) is 18.8 Å². The Labute approximate surface area is 196 Å². The zero-order valence-corrected chi connectivity index (χ0v) is 19.2. The van der Waals surface area contributed by atoms with E-state index in [1.165, 1.54) is 17.0 Å². The molecule has 9 heteroatoms. The highest BCUT2D eigenvalue weighted by Gasteiger charge is 2.18. The van der Waals surface area contributed by atoms with Crippen LogP contribution in [0.25, 0.3) is 0 Å². The molecule has 176 valence electrons. The van der Waals surface area contributed by atoms with Crippen LogP contribution in [-0.2, 0) is 22.5 Å². The molecule has 0 atom stereocenters. The fourth-order valence-corrected chi connectivity index (χ4v) is 3.19. The second-order valence-electron chi connectivity index (χ2n) is 7.57. The summed E-state index contributed by atoms with van der Waals surface area (Å²) in [5.74, 6) is -1.54. The van der Waals surface area contributed by atoms with Gasteiger partial charge in [0.1, 0.15) is 23.5 Å². The smallest absolute Gasteiger partial charge is 0.310 e. The highest BCUT2D eigenvalue weighted by atomic mass is 19.1. The van der Waals surface area contributed by atoms with Gasteiger partial charge in [-0.05, 0) is 48.7 Å². The average Bonchev–Trinajstić information content (AvgIpc) is 2.84. The first kappa shape index (κ1) is 24.5. The maximum Gasteiger partial charge on any atom is 0.310 e. The van der Waals surface area contributed by atoms with Crippen molar-refractivity contribution < 1.29 is 23.5 Å². The van der Waals surface area contributed by atoms with Crippen LogP contribution in [0.1, 0.15) is 44.6 Å². The second-order valence-corrected chi connectivity index (χ2v) is 7.57. The van der Waals surface area contributed by atoms with Gasteiger partial charge in [0.25, 0.3) is 11.8 Å². The number of hydrogen-bond donors (Lipinski definition) is 1. The topological polar surface area (TPSA) is 101 Å². The molecule has 1 aromatic heterocycles. The lowest BCUT2D eigenvalue weighted by atomic mass is 10.1. The van der Waals surface area contributed by atoms with E-state index in [4.69, 9.17) is 4.74 Å². The van der Waals surface area contributed by atoms with Crippen LogP contribution in [0.4, 0.5) is 10.1 Å². The molecule has 1 heterocycles. The minimum atomic E-state index is -0.482. The van der Waals surface area contributed by atoms with Crippen molar-refractivity contribution in [3.63, 3.8) is 0 Å². The van der Waals surface area contributed by atoms with E-state index >= 15 is 0 Å². The molecule has 0 aliphatic heterocycles. The zero-order valence-electron chi connectivity index (χ0n) is 19.2. The lowest BCUT2D eigenvalue weighted by Gasteiger charge is -2.17. The van der Waals surface area contributed by atoms with Crippen LogP contribution >= 0.6 is 0 Å². The first-order chi connectivity index (χ1) is 16.3. The second kappa shape index (κ2) is 11.1. The summed E-state index contributed by atoms with van der Waals surface area (Å²) in [5, 5.41) is 2.71. The Morgan fingerprint density at radius 3 is 2.35 bits per heavy atom. The summed E-state index contributed by atoms with van der Waals surface area (Å²) < 4.78 is 18.3. The van der Waals surface area contributed by atoms with Crippen molar-refractivity contribution in [1.29, 1.82) is 0 Å². The molecule has 3 rings (SSSR count). The summed E-state index contributed by atoms with van der Waals surface area (Å²) >= 11 is 0. The Kier molecular flexibility index (Phi) is 8.02. The molecule has 34 heavy (non-hydrogen) atoms. The average molecular weight is 464 g/mol. The maximum absolute atomic E-state index is 13.4. The number of halogens is 1. The van der Waals surface area contributed by atoms with E-state index in [-0.39, 0.29) is 36.1 Å². The molecule has 0 spiro atoms. The van der Waals surface area contributed by atoms with E-state index in [0.29, 0.717) is 17.9 Å². The Hall–Kier alpha value is -4.14.